The van der Waals surface area contributed by atoms with Crippen LogP contribution >= 0.6 is 11.6 Å². The number of fused-ring (bicyclic) bond motifs is 4. The van der Waals surface area contributed by atoms with Crippen molar-refractivity contribution >= 4 is 39.3 Å². The van der Waals surface area contributed by atoms with Crippen LogP contribution in [0.2, 0.25) is 5.02 Å². The van der Waals surface area contributed by atoms with E-state index in [-0.39, 0.29) is 41.0 Å². The van der Waals surface area contributed by atoms with E-state index in [1.165, 1.54) is 31.0 Å². The van der Waals surface area contributed by atoms with Gasteiger partial charge >= 0.3 is 6.09 Å². The molecule has 3 heterocycles. The zero-order valence-corrected chi connectivity index (χ0v) is 29.7. The lowest BCUT2D eigenvalue weighted by Gasteiger charge is -2.46. The summed E-state index contributed by atoms with van der Waals surface area (Å²) in [5.41, 5.74) is 1.24. The van der Waals surface area contributed by atoms with Crippen LogP contribution in [0.5, 0.6) is 5.75 Å². The summed E-state index contributed by atoms with van der Waals surface area (Å²) in [5.74, 6) is -0.0406. The molecule has 11 nitrogen and oxygen atoms in total. The number of nitrogens with zero attached hydrogens (tertiary/aromatic N) is 2. The number of carbonyl (C=O) groups is 2. The fraction of sp³-hybridized carbons (Fsp3) is 0.556. The molecule has 0 radical (unpaired) electrons. The molecule has 2 bridgehead atoms. The Bertz CT molecular complexity index is 1760. The Kier molecular flexibility index (Phi) is 9.13. The predicted octanol–water partition coefficient (Wildman–Crippen LogP) is 4.85. The smallest absolute Gasteiger partial charge is 0.410 e. The molecular formula is C36H44ClN3O8S. The van der Waals surface area contributed by atoms with E-state index in [0.29, 0.717) is 49.2 Å². The monoisotopic (exact) mass is 713 g/mol. The summed E-state index contributed by atoms with van der Waals surface area (Å²) in [5, 5.41) is 0.700. The highest BCUT2D eigenvalue weighted by atomic mass is 35.5. The lowest BCUT2D eigenvalue weighted by molar-refractivity contribution is -0.139. The molecule has 1 spiro atoms. The highest BCUT2D eigenvalue weighted by Crippen LogP contribution is 2.47. The average Bonchev–Trinajstić information content (AvgIpc) is 3.17. The number of rotatable bonds is 2. The molecule has 2 aliphatic carbocycles. The molecule has 13 heteroatoms. The van der Waals surface area contributed by atoms with E-state index in [1.807, 2.05) is 18.2 Å². The Morgan fingerprint density at radius 1 is 1.10 bits per heavy atom. The quantitative estimate of drug-likeness (QED) is 0.436. The molecule has 3 aliphatic heterocycles. The van der Waals surface area contributed by atoms with E-state index in [4.69, 9.17) is 30.5 Å². The Morgan fingerprint density at radius 2 is 1.92 bits per heavy atom. The fourth-order valence-electron chi connectivity index (χ4n) is 7.81. The van der Waals surface area contributed by atoms with Gasteiger partial charge in [-0.05, 0) is 99.4 Å². The summed E-state index contributed by atoms with van der Waals surface area (Å²) in [6.45, 7) is 5.65. The van der Waals surface area contributed by atoms with Crippen molar-refractivity contribution in [1.82, 2.24) is 9.62 Å². The van der Waals surface area contributed by atoms with Gasteiger partial charge in [-0.15, -0.1) is 0 Å². The predicted molar refractivity (Wildman–Crippen MR) is 184 cm³/mol. The van der Waals surface area contributed by atoms with E-state index in [0.717, 1.165) is 32.1 Å². The maximum Gasteiger partial charge on any atom is 0.410 e. The molecule has 2 aromatic carbocycles. The maximum absolute atomic E-state index is 13.6. The number of amides is 2. The third kappa shape index (κ3) is 6.64. The van der Waals surface area contributed by atoms with Crippen molar-refractivity contribution < 1.29 is 37.0 Å². The topological polar surface area (TPSA) is 124 Å². The number of ether oxygens (including phenoxy) is 4. The number of sulfonamides is 1. The summed E-state index contributed by atoms with van der Waals surface area (Å²) in [7, 11) is -2.61. The van der Waals surface area contributed by atoms with Gasteiger partial charge < -0.3 is 28.7 Å². The molecule has 5 aliphatic rings. The van der Waals surface area contributed by atoms with E-state index in [1.54, 1.807) is 30.2 Å². The van der Waals surface area contributed by atoms with Gasteiger partial charge in [0.2, 0.25) is 0 Å². The molecule has 2 amide bonds. The van der Waals surface area contributed by atoms with Gasteiger partial charge in [-0.2, -0.15) is 0 Å². The Morgan fingerprint density at radius 3 is 2.67 bits per heavy atom. The molecule has 0 unspecified atom stereocenters. The van der Waals surface area contributed by atoms with Crippen LogP contribution in [0.15, 0.2) is 53.4 Å². The fourth-order valence-corrected chi connectivity index (χ4v) is 9.13. The number of halogens is 1. The van der Waals surface area contributed by atoms with Crippen LogP contribution in [0.25, 0.3) is 0 Å². The number of benzene rings is 2. The van der Waals surface area contributed by atoms with Crippen LogP contribution in [-0.2, 0) is 40.9 Å². The molecule has 1 N–H and O–H groups in total. The number of aryl methyl sites for hydroxylation is 1. The molecule has 7 rings (SSSR count). The first-order chi connectivity index (χ1) is 23.4. The first-order valence-corrected chi connectivity index (χ1v) is 18.9. The third-order valence-electron chi connectivity index (χ3n) is 11.0. The number of nitrogens with one attached hydrogen (secondary N) is 1. The van der Waals surface area contributed by atoms with Gasteiger partial charge in [0.1, 0.15) is 17.5 Å². The number of methoxy groups -OCH3 is 1. The zero-order valence-electron chi connectivity index (χ0n) is 28.2. The molecule has 0 aromatic heterocycles. The minimum absolute atomic E-state index is 0.00521. The molecule has 49 heavy (non-hydrogen) atoms. The van der Waals surface area contributed by atoms with Gasteiger partial charge in [0.05, 0.1) is 43.0 Å². The van der Waals surface area contributed by atoms with Gasteiger partial charge in [0.25, 0.3) is 15.9 Å². The number of hydrogen-bond donors (Lipinski definition) is 1. The van der Waals surface area contributed by atoms with E-state index in [9.17, 15) is 18.0 Å². The molecular weight excluding hydrogens is 670 g/mol. The van der Waals surface area contributed by atoms with E-state index in [2.05, 4.69) is 15.7 Å². The van der Waals surface area contributed by atoms with Crippen LogP contribution in [0.1, 0.15) is 50.7 Å². The van der Waals surface area contributed by atoms with Crippen LogP contribution < -0.4 is 14.4 Å². The number of hydrogen-bond acceptors (Lipinski definition) is 9. The first-order valence-electron chi connectivity index (χ1n) is 17.0. The van der Waals surface area contributed by atoms with Gasteiger partial charge in [0, 0.05) is 36.6 Å². The Balaban J connectivity index is 1.27. The second kappa shape index (κ2) is 13.1. The minimum Gasteiger partial charge on any atom is -0.490 e. The van der Waals surface area contributed by atoms with E-state index < -0.39 is 27.6 Å². The summed E-state index contributed by atoms with van der Waals surface area (Å²) in [6.07, 6.45) is 7.29. The summed E-state index contributed by atoms with van der Waals surface area (Å²) in [4.78, 5) is 30.3. The van der Waals surface area contributed by atoms with Crippen LogP contribution in [-0.4, -0.2) is 89.6 Å². The largest absolute Gasteiger partial charge is 0.490 e. The van der Waals surface area contributed by atoms with Crippen molar-refractivity contribution in [2.75, 3.05) is 51.4 Å². The van der Waals surface area contributed by atoms with Crippen molar-refractivity contribution in [3.63, 3.8) is 0 Å². The molecule has 4 atom stereocenters. The SMILES string of the molecule is COC1CN(C(=O)O[C@H]2/C=C/COC(C)(C)C(=O)NS(=O)(=O)c3ccc4c(c3)N(C[C@@H]3CC[C@H]32)C[C@@]2(CCCc3cc(Cl)ccc32)CO4)C1. The second-order valence-electron chi connectivity index (χ2n) is 14.5. The normalized spacial score (nSPS) is 30.0. The van der Waals surface area contributed by atoms with Crippen molar-refractivity contribution in [2.24, 2.45) is 11.8 Å². The molecule has 1 saturated carbocycles. The molecule has 2 aromatic rings. The molecule has 264 valence electrons. The van der Waals surface area contributed by atoms with E-state index >= 15 is 0 Å². The highest BCUT2D eigenvalue weighted by molar-refractivity contribution is 7.90. The van der Waals surface area contributed by atoms with Crippen LogP contribution in [0.3, 0.4) is 0 Å². The third-order valence-corrected chi connectivity index (χ3v) is 12.6. The van der Waals surface area contributed by atoms with Crippen molar-refractivity contribution in [2.45, 2.75) is 74.1 Å². The molecule has 2 fully saturated rings. The highest BCUT2D eigenvalue weighted by Gasteiger charge is 2.46. The zero-order chi connectivity index (χ0) is 34.6. The Labute approximate surface area is 292 Å². The van der Waals surface area contributed by atoms with Gasteiger partial charge in [0.15, 0.2) is 0 Å². The summed E-state index contributed by atoms with van der Waals surface area (Å²) in [6, 6.07) is 10.9. The van der Waals surface area contributed by atoms with Crippen molar-refractivity contribution in [3.8, 4) is 5.75 Å². The summed E-state index contributed by atoms with van der Waals surface area (Å²) < 4.78 is 53.4. The lowest BCUT2D eigenvalue weighted by atomic mass is 9.68. The average molecular weight is 714 g/mol. The first kappa shape index (κ1) is 34.1. The van der Waals surface area contributed by atoms with Gasteiger partial charge in [-0.1, -0.05) is 23.7 Å². The maximum atomic E-state index is 13.6. The Hall–Kier alpha value is -3.32. The number of carbonyl (C=O) groups excluding carboxylic acids is 2. The lowest BCUT2D eigenvalue weighted by Crippen LogP contribution is -2.56. The standard InChI is InChI=1S/C36H44ClN3O8S/c1-35(2)33(41)38-49(43,44)27-10-13-32-30(17-27)40(21-36(22-46-32)14-4-6-23-16-25(37)9-12-29(23)36)18-24-8-11-28(24)31(7-5-15-47-35)48-34(42)39-19-26(20-39)45-3/h5,7,9-10,12-13,16-17,24,26,28,31H,4,6,8,11,14-15,18-22H2,1-3H3,(H,38,41)/b7-5+/t24-,28+,31-,36-/m0/s1. The van der Waals surface area contributed by atoms with Gasteiger partial charge in [-0.3, -0.25) is 4.79 Å². The van der Waals surface area contributed by atoms with Crippen LogP contribution in [0.4, 0.5) is 10.5 Å². The number of likely N-dealkylation sites (tertiary alicyclic amines) is 1. The van der Waals surface area contributed by atoms with Crippen LogP contribution in [0, 0.1) is 11.8 Å². The molecule has 1 saturated heterocycles. The minimum atomic E-state index is -4.24. The van der Waals surface area contributed by atoms with Crippen molar-refractivity contribution in [3.05, 3.63) is 64.7 Å². The summed E-state index contributed by atoms with van der Waals surface area (Å²) >= 11 is 6.43. The second-order valence-corrected chi connectivity index (χ2v) is 16.6. The number of anilines is 1. The van der Waals surface area contributed by atoms with Crippen molar-refractivity contribution in [1.29, 1.82) is 0 Å². The van der Waals surface area contributed by atoms with Gasteiger partial charge in [-0.25, -0.2) is 17.9 Å².